The zero-order valence-electron chi connectivity index (χ0n) is 5.62. The Morgan fingerprint density at radius 3 is 2.00 bits per heavy atom. The van der Waals surface area contributed by atoms with E-state index in [2.05, 4.69) is 20.5 Å². The SMILES string of the molecule is CCC[PH+](C)CC. The summed E-state index contributed by atoms with van der Waals surface area (Å²) < 4.78 is 0. The normalized spacial score (nSPS) is 14.1. The average molecular weight is 119 g/mol. The van der Waals surface area contributed by atoms with Crippen LogP contribution < -0.4 is 0 Å². The predicted octanol–water partition coefficient (Wildman–Crippen LogP) is 2.26. The highest BCUT2D eigenvalue weighted by Gasteiger charge is 1.99. The molecule has 7 heavy (non-hydrogen) atoms. The third kappa shape index (κ3) is 4.28. The van der Waals surface area contributed by atoms with Gasteiger partial charge in [-0.15, -0.1) is 0 Å². The smallest absolute Gasteiger partial charge is 0.0566 e. The van der Waals surface area contributed by atoms with Crippen LogP contribution in [-0.2, 0) is 0 Å². The van der Waals surface area contributed by atoms with E-state index < -0.39 is 0 Å². The van der Waals surface area contributed by atoms with Crippen molar-refractivity contribution >= 4 is 7.92 Å². The van der Waals surface area contributed by atoms with Crippen LogP contribution in [0, 0.1) is 0 Å². The molecular formula is C6H16P+. The molecule has 1 unspecified atom stereocenters. The predicted molar refractivity (Wildman–Crippen MR) is 39.9 cm³/mol. The summed E-state index contributed by atoms with van der Waals surface area (Å²) in [5.74, 6) is 0. The lowest BCUT2D eigenvalue weighted by Crippen LogP contribution is -1.80. The molecule has 0 bridgehead atoms. The number of hydrogen-bond donors (Lipinski definition) is 0. The lowest BCUT2D eigenvalue weighted by atomic mass is 10.6. The van der Waals surface area contributed by atoms with Crippen LogP contribution in [-0.4, -0.2) is 19.0 Å². The first-order valence-corrected chi connectivity index (χ1v) is 5.54. The van der Waals surface area contributed by atoms with E-state index in [0.717, 1.165) is 0 Å². The zero-order valence-corrected chi connectivity index (χ0v) is 6.62. The van der Waals surface area contributed by atoms with Gasteiger partial charge in [-0.3, -0.25) is 0 Å². The molecule has 44 valence electrons. The van der Waals surface area contributed by atoms with Gasteiger partial charge in [0, 0.05) is 6.66 Å². The van der Waals surface area contributed by atoms with Gasteiger partial charge in [0.2, 0.25) is 0 Å². The minimum Gasteiger partial charge on any atom is -0.0619 e. The molecule has 0 aromatic rings. The molecule has 0 fully saturated rings. The molecule has 0 saturated heterocycles. The van der Waals surface area contributed by atoms with Crippen LogP contribution in [0.1, 0.15) is 20.3 Å². The van der Waals surface area contributed by atoms with Crippen molar-refractivity contribution in [1.82, 2.24) is 0 Å². The van der Waals surface area contributed by atoms with Gasteiger partial charge in [0.15, 0.2) is 0 Å². The molecule has 0 aromatic heterocycles. The second-order valence-electron chi connectivity index (χ2n) is 2.06. The fourth-order valence-electron chi connectivity index (χ4n) is 0.604. The fourth-order valence-corrected chi connectivity index (χ4v) is 1.81. The Kier molecular flexibility index (Phi) is 4.87. The van der Waals surface area contributed by atoms with Crippen LogP contribution in [0.15, 0.2) is 0 Å². The monoisotopic (exact) mass is 119 g/mol. The summed E-state index contributed by atoms with van der Waals surface area (Å²) in [6.45, 7) is 6.97. The van der Waals surface area contributed by atoms with Gasteiger partial charge in [0.05, 0.1) is 12.3 Å². The lowest BCUT2D eigenvalue weighted by molar-refractivity contribution is 1.09. The first kappa shape index (κ1) is 7.43. The molecule has 0 aliphatic heterocycles. The summed E-state index contributed by atoms with van der Waals surface area (Å²) in [4.78, 5) is 0. The van der Waals surface area contributed by atoms with Crippen LogP contribution in [0.25, 0.3) is 0 Å². The van der Waals surface area contributed by atoms with Gasteiger partial charge in [0.1, 0.15) is 0 Å². The van der Waals surface area contributed by atoms with E-state index in [9.17, 15) is 0 Å². The molecule has 1 heteroatoms. The maximum atomic E-state index is 2.41. The van der Waals surface area contributed by atoms with Crippen LogP contribution in [0.3, 0.4) is 0 Å². The van der Waals surface area contributed by atoms with Crippen molar-refractivity contribution in [3.63, 3.8) is 0 Å². The van der Waals surface area contributed by atoms with Gasteiger partial charge in [0.25, 0.3) is 0 Å². The van der Waals surface area contributed by atoms with E-state index in [-0.39, 0.29) is 7.92 Å². The summed E-state index contributed by atoms with van der Waals surface area (Å²) in [7, 11) is 0.120. The molecule has 0 N–H and O–H groups in total. The molecule has 0 radical (unpaired) electrons. The molecule has 0 amide bonds. The van der Waals surface area contributed by atoms with Gasteiger partial charge < -0.3 is 0 Å². The van der Waals surface area contributed by atoms with Gasteiger partial charge >= 0.3 is 0 Å². The van der Waals surface area contributed by atoms with Gasteiger partial charge in [-0.1, -0.05) is 6.92 Å². The summed E-state index contributed by atoms with van der Waals surface area (Å²) in [5, 5.41) is 0. The minimum atomic E-state index is 0.120. The molecule has 0 nitrogen and oxygen atoms in total. The van der Waals surface area contributed by atoms with E-state index >= 15 is 0 Å². The molecular weight excluding hydrogens is 103 g/mol. The second kappa shape index (κ2) is 4.59. The molecule has 0 saturated carbocycles. The second-order valence-corrected chi connectivity index (χ2v) is 5.18. The van der Waals surface area contributed by atoms with Gasteiger partial charge in [-0.2, -0.15) is 0 Å². The fraction of sp³-hybridized carbons (Fsp3) is 1.00. The largest absolute Gasteiger partial charge is 0.0619 e. The Morgan fingerprint density at radius 2 is 1.86 bits per heavy atom. The summed E-state index contributed by atoms with van der Waals surface area (Å²) in [5.41, 5.74) is 0. The maximum Gasteiger partial charge on any atom is 0.0566 e. The molecule has 0 spiro atoms. The summed E-state index contributed by atoms with van der Waals surface area (Å²) >= 11 is 0. The summed E-state index contributed by atoms with van der Waals surface area (Å²) in [6.07, 6.45) is 4.33. The molecule has 0 aromatic carbocycles. The van der Waals surface area contributed by atoms with Crippen molar-refractivity contribution < 1.29 is 0 Å². The standard InChI is InChI=1S/C6H15P/c1-4-6-7(3)5-2/h4-6H2,1-3H3/p+1. The Hall–Kier alpha value is 0.430. The van der Waals surface area contributed by atoms with E-state index in [1.807, 2.05) is 0 Å². The van der Waals surface area contributed by atoms with Gasteiger partial charge in [-0.05, 0) is 21.3 Å². The topological polar surface area (TPSA) is 0 Å². The maximum absolute atomic E-state index is 2.41. The van der Waals surface area contributed by atoms with E-state index in [1.54, 1.807) is 0 Å². The van der Waals surface area contributed by atoms with Crippen LogP contribution >= 0.6 is 7.92 Å². The van der Waals surface area contributed by atoms with Crippen molar-refractivity contribution in [1.29, 1.82) is 0 Å². The molecule has 1 atom stereocenters. The van der Waals surface area contributed by atoms with Crippen molar-refractivity contribution in [3.8, 4) is 0 Å². The number of rotatable bonds is 3. The highest BCUT2D eigenvalue weighted by Crippen LogP contribution is 2.29. The van der Waals surface area contributed by atoms with Gasteiger partial charge in [-0.25, -0.2) is 0 Å². The van der Waals surface area contributed by atoms with E-state index in [0.29, 0.717) is 0 Å². The Bertz CT molecular complexity index is 35.2. The zero-order chi connectivity index (χ0) is 5.70. The third-order valence-corrected chi connectivity index (χ3v) is 3.84. The first-order chi connectivity index (χ1) is 3.31. The van der Waals surface area contributed by atoms with Crippen molar-refractivity contribution in [2.45, 2.75) is 20.3 Å². The lowest BCUT2D eigenvalue weighted by Gasteiger charge is -1.95. The average Bonchev–Trinajstić information content (AvgIpc) is 1.68. The first-order valence-electron chi connectivity index (χ1n) is 3.12. The molecule has 0 aliphatic rings. The Morgan fingerprint density at radius 1 is 1.29 bits per heavy atom. The van der Waals surface area contributed by atoms with Crippen molar-refractivity contribution in [2.24, 2.45) is 0 Å². The van der Waals surface area contributed by atoms with Crippen LogP contribution in [0.4, 0.5) is 0 Å². The quantitative estimate of drug-likeness (QED) is 0.500. The minimum absolute atomic E-state index is 0.120. The summed E-state index contributed by atoms with van der Waals surface area (Å²) in [6, 6.07) is 0. The molecule has 0 aliphatic carbocycles. The number of hydrogen-bond acceptors (Lipinski definition) is 0. The molecule has 0 rings (SSSR count). The highest BCUT2D eigenvalue weighted by atomic mass is 31.1. The van der Waals surface area contributed by atoms with E-state index in [4.69, 9.17) is 0 Å². The van der Waals surface area contributed by atoms with Crippen LogP contribution in [0.5, 0.6) is 0 Å². The Labute approximate surface area is 48.1 Å². The third-order valence-electron chi connectivity index (χ3n) is 1.28. The molecule has 0 heterocycles. The highest BCUT2D eigenvalue weighted by molar-refractivity contribution is 7.56. The van der Waals surface area contributed by atoms with Crippen molar-refractivity contribution in [2.75, 3.05) is 19.0 Å². The Balaban J connectivity index is 2.83. The van der Waals surface area contributed by atoms with E-state index in [1.165, 1.54) is 18.7 Å². The van der Waals surface area contributed by atoms with Crippen molar-refractivity contribution in [3.05, 3.63) is 0 Å². The van der Waals surface area contributed by atoms with Crippen LogP contribution in [0.2, 0.25) is 0 Å².